The summed E-state index contributed by atoms with van der Waals surface area (Å²) in [4.78, 5) is 11.6. The molecule has 2 aromatic rings. The van der Waals surface area contributed by atoms with Crippen molar-refractivity contribution in [2.45, 2.75) is 11.8 Å². The van der Waals surface area contributed by atoms with Crippen molar-refractivity contribution < 1.29 is 14.1 Å². The predicted molar refractivity (Wildman–Crippen MR) is 76.2 cm³/mol. The van der Waals surface area contributed by atoms with E-state index < -0.39 is 0 Å². The lowest BCUT2D eigenvalue weighted by Gasteiger charge is -2.09. The first kappa shape index (κ1) is 13.8. The van der Waals surface area contributed by atoms with Crippen LogP contribution in [0.3, 0.4) is 0 Å². The third-order valence-corrected chi connectivity index (χ3v) is 3.44. The Hall–Kier alpha value is -1.65. The van der Waals surface area contributed by atoms with Crippen molar-refractivity contribution in [3.8, 4) is 16.9 Å². The van der Waals surface area contributed by atoms with Crippen LogP contribution < -0.4 is 0 Å². The van der Waals surface area contributed by atoms with E-state index in [9.17, 15) is 9.90 Å². The largest absolute Gasteiger partial charge is 0.508 e. The summed E-state index contributed by atoms with van der Waals surface area (Å²) in [5.74, 6) is -0.239. The van der Waals surface area contributed by atoms with E-state index in [1.807, 2.05) is 12.1 Å². The molecule has 98 valence electrons. The molecule has 0 aromatic heterocycles. The van der Waals surface area contributed by atoms with Gasteiger partial charge in [-0.25, -0.2) is 0 Å². The number of hydrogen-bond donors (Lipinski definition) is 1. The molecule has 0 fully saturated rings. The van der Waals surface area contributed by atoms with E-state index in [-0.39, 0.29) is 11.7 Å². The van der Waals surface area contributed by atoms with Crippen molar-refractivity contribution in [2.75, 3.05) is 0 Å². The highest BCUT2D eigenvalue weighted by atomic mass is 35.5. The minimum Gasteiger partial charge on any atom is -0.508 e. The topological polar surface area (TPSA) is 46.5 Å². The standard InChI is InChI=1S/C14H11ClO3S/c1-9(16)18-19-14-6-5-12(17)8-13(14)10-3-2-4-11(15)7-10/h2-8,17H,1H3. The van der Waals surface area contributed by atoms with Crippen LogP contribution in [0.15, 0.2) is 47.4 Å². The number of phenols is 1. The van der Waals surface area contributed by atoms with Gasteiger partial charge in [-0.2, -0.15) is 0 Å². The summed E-state index contributed by atoms with van der Waals surface area (Å²) < 4.78 is 4.92. The number of hydrogen-bond acceptors (Lipinski definition) is 4. The van der Waals surface area contributed by atoms with Gasteiger partial charge in [0.25, 0.3) is 0 Å². The summed E-state index contributed by atoms with van der Waals surface area (Å²) in [5.41, 5.74) is 1.60. The molecular weight excluding hydrogens is 284 g/mol. The summed E-state index contributed by atoms with van der Waals surface area (Å²) in [7, 11) is 0. The lowest BCUT2D eigenvalue weighted by Crippen LogP contribution is -1.90. The Kier molecular flexibility index (Phi) is 4.35. The Morgan fingerprint density at radius 2 is 2.05 bits per heavy atom. The Balaban J connectivity index is 2.42. The van der Waals surface area contributed by atoms with Crippen molar-refractivity contribution >= 4 is 29.6 Å². The summed E-state index contributed by atoms with van der Waals surface area (Å²) in [6, 6.07) is 12.1. The number of rotatable bonds is 3. The van der Waals surface area contributed by atoms with Crippen molar-refractivity contribution in [3.05, 3.63) is 47.5 Å². The van der Waals surface area contributed by atoms with Crippen LogP contribution in [0.5, 0.6) is 5.75 Å². The average Bonchev–Trinajstić information content (AvgIpc) is 2.37. The molecule has 0 saturated heterocycles. The van der Waals surface area contributed by atoms with E-state index in [4.69, 9.17) is 15.8 Å². The number of aromatic hydroxyl groups is 1. The fourth-order valence-electron chi connectivity index (χ4n) is 1.58. The maximum atomic E-state index is 10.9. The van der Waals surface area contributed by atoms with Crippen molar-refractivity contribution in [1.82, 2.24) is 0 Å². The molecule has 0 saturated carbocycles. The zero-order chi connectivity index (χ0) is 13.8. The Bertz CT molecular complexity index is 613. The number of benzene rings is 2. The van der Waals surface area contributed by atoms with Gasteiger partial charge in [-0.3, -0.25) is 4.79 Å². The molecule has 0 radical (unpaired) electrons. The molecule has 3 nitrogen and oxygen atoms in total. The van der Waals surface area contributed by atoms with E-state index in [0.29, 0.717) is 5.02 Å². The lowest BCUT2D eigenvalue weighted by molar-refractivity contribution is -0.130. The Morgan fingerprint density at radius 3 is 2.74 bits per heavy atom. The van der Waals surface area contributed by atoms with Crippen LogP contribution in [-0.4, -0.2) is 11.1 Å². The van der Waals surface area contributed by atoms with Gasteiger partial charge in [0, 0.05) is 17.5 Å². The number of halogens is 1. The molecule has 5 heteroatoms. The van der Waals surface area contributed by atoms with E-state index in [1.165, 1.54) is 6.92 Å². The highest BCUT2D eigenvalue weighted by Gasteiger charge is 2.10. The molecule has 0 heterocycles. The van der Waals surface area contributed by atoms with E-state index >= 15 is 0 Å². The Morgan fingerprint density at radius 1 is 1.26 bits per heavy atom. The van der Waals surface area contributed by atoms with Crippen molar-refractivity contribution in [3.63, 3.8) is 0 Å². The molecule has 1 N–H and O–H groups in total. The van der Waals surface area contributed by atoms with Gasteiger partial charge in [0.1, 0.15) is 5.75 Å². The molecule has 0 unspecified atom stereocenters. The van der Waals surface area contributed by atoms with Crippen molar-refractivity contribution in [2.24, 2.45) is 0 Å². The summed E-state index contributed by atoms with van der Waals surface area (Å²) in [6.45, 7) is 1.34. The molecule has 2 rings (SSSR count). The van der Waals surface area contributed by atoms with Gasteiger partial charge in [-0.1, -0.05) is 23.7 Å². The van der Waals surface area contributed by atoms with Gasteiger partial charge >= 0.3 is 5.97 Å². The summed E-state index contributed by atoms with van der Waals surface area (Å²) in [6.07, 6.45) is 0. The minimum atomic E-state index is -0.380. The second-order valence-corrected chi connectivity index (χ2v) is 5.06. The third kappa shape index (κ3) is 3.66. The molecule has 0 spiro atoms. The first-order valence-corrected chi connectivity index (χ1v) is 6.62. The molecule has 2 aromatic carbocycles. The molecule has 0 aliphatic carbocycles. The molecule has 0 bridgehead atoms. The van der Waals surface area contributed by atoms with Gasteiger partial charge < -0.3 is 9.29 Å². The van der Waals surface area contributed by atoms with Gasteiger partial charge in [0.05, 0.1) is 16.9 Å². The van der Waals surface area contributed by atoms with Crippen LogP contribution in [0, 0.1) is 0 Å². The Labute approximate surface area is 120 Å². The van der Waals surface area contributed by atoms with Gasteiger partial charge in [-0.05, 0) is 35.9 Å². The van der Waals surface area contributed by atoms with E-state index in [2.05, 4.69) is 0 Å². The molecular formula is C14H11ClO3S. The van der Waals surface area contributed by atoms with Gasteiger partial charge in [0.2, 0.25) is 0 Å². The molecule has 0 amide bonds. The summed E-state index contributed by atoms with van der Waals surface area (Å²) in [5, 5.41) is 10.2. The third-order valence-electron chi connectivity index (χ3n) is 2.35. The second-order valence-electron chi connectivity index (χ2n) is 3.85. The average molecular weight is 295 g/mol. The van der Waals surface area contributed by atoms with Crippen LogP contribution in [0.25, 0.3) is 11.1 Å². The van der Waals surface area contributed by atoms with E-state index in [0.717, 1.165) is 28.1 Å². The SMILES string of the molecule is CC(=O)OSc1ccc(O)cc1-c1cccc(Cl)c1. The monoisotopic (exact) mass is 294 g/mol. The van der Waals surface area contributed by atoms with Gasteiger partial charge in [0.15, 0.2) is 0 Å². The maximum absolute atomic E-state index is 10.9. The molecule has 19 heavy (non-hydrogen) atoms. The van der Waals surface area contributed by atoms with Crippen LogP contribution in [-0.2, 0) is 8.98 Å². The summed E-state index contributed by atoms with van der Waals surface area (Å²) >= 11 is 6.92. The van der Waals surface area contributed by atoms with Crippen LogP contribution in [0.4, 0.5) is 0 Å². The highest BCUT2D eigenvalue weighted by molar-refractivity contribution is 7.95. The smallest absolute Gasteiger partial charge is 0.315 e. The number of phenolic OH excluding ortho intramolecular Hbond substituents is 1. The second kappa shape index (κ2) is 5.99. The van der Waals surface area contributed by atoms with Gasteiger partial charge in [-0.15, -0.1) is 0 Å². The highest BCUT2D eigenvalue weighted by Crippen LogP contribution is 2.35. The fraction of sp³-hybridized carbons (Fsp3) is 0.0714. The van der Waals surface area contributed by atoms with Crippen molar-refractivity contribution in [1.29, 1.82) is 0 Å². The van der Waals surface area contributed by atoms with Crippen LogP contribution in [0.1, 0.15) is 6.92 Å². The predicted octanol–water partition coefficient (Wildman–Crippen LogP) is 4.28. The maximum Gasteiger partial charge on any atom is 0.315 e. The number of carbonyl (C=O) groups excluding carboxylic acids is 1. The molecule has 0 atom stereocenters. The van der Waals surface area contributed by atoms with Crippen LogP contribution in [0.2, 0.25) is 5.02 Å². The first-order valence-electron chi connectivity index (χ1n) is 5.50. The normalized spacial score (nSPS) is 10.2. The van der Waals surface area contributed by atoms with Crippen LogP contribution >= 0.6 is 23.6 Å². The van der Waals surface area contributed by atoms with E-state index in [1.54, 1.807) is 30.3 Å². The number of carbonyl (C=O) groups is 1. The zero-order valence-corrected chi connectivity index (χ0v) is 11.7. The quantitative estimate of drug-likeness (QED) is 0.858. The lowest BCUT2D eigenvalue weighted by atomic mass is 10.1. The minimum absolute atomic E-state index is 0.141. The fourth-order valence-corrected chi connectivity index (χ4v) is 2.36. The first-order chi connectivity index (χ1) is 9.06. The molecule has 0 aliphatic heterocycles. The zero-order valence-electron chi connectivity index (χ0n) is 10.1. The molecule has 0 aliphatic rings.